The summed E-state index contributed by atoms with van der Waals surface area (Å²) in [6.45, 7) is 0.0147. The normalized spacial score (nSPS) is 17.2. The summed E-state index contributed by atoms with van der Waals surface area (Å²) in [4.78, 5) is 25.0. The third-order valence-corrected chi connectivity index (χ3v) is 3.88. The van der Waals surface area contributed by atoms with Gasteiger partial charge in [0, 0.05) is 5.56 Å². The van der Waals surface area contributed by atoms with Gasteiger partial charge in [-0.05, 0) is 28.6 Å². The second kappa shape index (κ2) is 5.09. The van der Waals surface area contributed by atoms with Gasteiger partial charge in [0.2, 0.25) is 5.91 Å². The van der Waals surface area contributed by atoms with Gasteiger partial charge in [0.1, 0.15) is 6.54 Å². The van der Waals surface area contributed by atoms with Gasteiger partial charge in [-0.2, -0.15) is 5.10 Å². The van der Waals surface area contributed by atoms with E-state index >= 15 is 0 Å². The molecule has 1 saturated heterocycles. The minimum Gasteiger partial charge on any atom is -0.329 e. The molecule has 0 N–H and O–H groups in total. The Morgan fingerprint density at radius 1 is 1.58 bits per heavy atom. The number of hydrogen-bond acceptors (Lipinski definition) is 4. The predicted octanol–water partition coefficient (Wildman–Crippen LogP) is 1.28. The average molecular weight is 310 g/mol. The third-order valence-electron chi connectivity index (χ3n) is 2.80. The Morgan fingerprint density at radius 3 is 2.74 bits per heavy atom. The zero-order chi connectivity index (χ0) is 14.2. The van der Waals surface area contributed by atoms with Gasteiger partial charge in [-0.15, -0.1) is 0 Å². The number of carbonyl (C=O) groups excluding carboxylic acids is 1. The third kappa shape index (κ3) is 2.89. The van der Waals surface area contributed by atoms with Gasteiger partial charge in [0.25, 0.3) is 11.5 Å². The van der Waals surface area contributed by atoms with Crippen LogP contribution in [-0.4, -0.2) is 39.6 Å². The van der Waals surface area contributed by atoms with Crippen LogP contribution in [0.15, 0.2) is 15.9 Å². The first kappa shape index (κ1) is 14.3. The molecule has 0 atom stereocenters. The van der Waals surface area contributed by atoms with Crippen molar-refractivity contribution in [1.82, 2.24) is 14.7 Å². The Kier molecular flexibility index (Phi) is 3.82. The maximum absolute atomic E-state index is 12.6. The summed E-state index contributed by atoms with van der Waals surface area (Å²) in [5.41, 5.74) is -0.0805. The molecule has 5 nitrogen and oxygen atoms in total. The second-order valence-electron chi connectivity index (χ2n) is 4.28. The summed E-state index contributed by atoms with van der Waals surface area (Å²) < 4.78 is 26.2. The van der Waals surface area contributed by atoms with Gasteiger partial charge in [0.15, 0.2) is 0 Å². The predicted molar refractivity (Wildman–Crippen MR) is 66.5 cm³/mol. The largest absolute Gasteiger partial charge is 0.329 e. The maximum Gasteiger partial charge on any atom is 0.282 e. The summed E-state index contributed by atoms with van der Waals surface area (Å²) in [5, 5.41) is 3.79. The average Bonchev–Trinajstić information content (AvgIpc) is 2.32. The number of hydrogen-bond donors (Lipinski definition) is 0. The topological polar surface area (TPSA) is 55.2 Å². The maximum atomic E-state index is 12.6. The molecule has 0 aromatic carbocycles. The van der Waals surface area contributed by atoms with Gasteiger partial charge < -0.3 is 4.90 Å². The van der Waals surface area contributed by atoms with E-state index in [1.165, 1.54) is 6.20 Å². The van der Waals surface area contributed by atoms with E-state index < -0.39 is 30.5 Å². The molecular formula is C10H10ClF2N3O2S. The van der Waals surface area contributed by atoms with E-state index in [4.69, 9.17) is 10.7 Å². The Bertz CT molecular complexity index is 570. The molecule has 104 valence electrons. The molecular weight excluding hydrogens is 300 g/mol. The number of carbonyl (C=O) groups is 1. The summed E-state index contributed by atoms with van der Waals surface area (Å²) >= 11 is 0. The summed E-state index contributed by atoms with van der Waals surface area (Å²) in [6, 6.07) is 0. The standard InChI is InChI=1S/C10H10ClF2N3O2S/c1-6-7(19-11)2-14-16(9(6)18)3-8(17)15-4-10(12,13)5-15/h2H,3-5H2,1H3. The number of nitrogens with zero attached hydrogens (tertiary/aromatic N) is 3. The van der Waals surface area contributed by atoms with Crippen LogP contribution in [0.5, 0.6) is 0 Å². The van der Waals surface area contributed by atoms with Crippen LogP contribution in [0.2, 0.25) is 0 Å². The Hall–Kier alpha value is -1.15. The molecule has 19 heavy (non-hydrogen) atoms. The first-order chi connectivity index (χ1) is 8.84. The van der Waals surface area contributed by atoms with E-state index in [2.05, 4.69) is 5.10 Å². The van der Waals surface area contributed by atoms with Crippen LogP contribution in [0.25, 0.3) is 0 Å². The van der Waals surface area contributed by atoms with Crippen LogP contribution >= 0.6 is 21.7 Å². The van der Waals surface area contributed by atoms with Gasteiger partial charge in [-0.25, -0.2) is 13.5 Å². The van der Waals surface area contributed by atoms with E-state index in [1.54, 1.807) is 6.92 Å². The van der Waals surface area contributed by atoms with Crippen molar-refractivity contribution in [3.8, 4) is 0 Å². The fourth-order valence-corrected chi connectivity index (χ4v) is 2.43. The van der Waals surface area contributed by atoms with Crippen LogP contribution in [-0.2, 0) is 11.3 Å². The van der Waals surface area contributed by atoms with Crippen molar-refractivity contribution in [3.05, 3.63) is 22.1 Å². The quantitative estimate of drug-likeness (QED) is 0.844. The van der Waals surface area contributed by atoms with E-state index in [1.807, 2.05) is 0 Å². The van der Waals surface area contributed by atoms with E-state index in [0.717, 1.165) is 20.6 Å². The second-order valence-corrected chi connectivity index (χ2v) is 5.34. The zero-order valence-corrected chi connectivity index (χ0v) is 11.5. The van der Waals surface area contributed by atoms with Crippen LogP contribution in [0, 0.1) is 6.92 Å². The van der Waals surface area contributed by atoms with Crippen LogP contribution in [0.3, 0.4) is 0 Å². The summed E-state index contributed by atoms with van der Waals surface area (Å²) in [5.74, 6) is -3.37. The van der Waals surface area contributed by atoms with Gasteiger partial charge in [-0.3, -0.25) is 9.59 Å². The number of rotatable bonds is 3. The molecule has 0 bridgehead atoms. The van der Waals surface area contributed by atoms with E-state index in [0.29, 0.717) is 10.5 Å². The molecule has 1 amide bonds. The molecule has 1 aromatic heterocycles. The van der Waals surface area contributed by atoms with Crippen molar-refractivity contribution in [2.75, 3.05) is 13.1 Å². The molecule has 1 aliphatic heterocycles. The summed E-state index contributed by atoms with van der Waals surface area (Å²) in [6.07, 6.45) is 1.37. The van der Waals surface area contributed by atoms with Crippen molar-refractivity contribution in [2.24, 2.45) is 0 Å². The minimum absolute atomic E-state index is 0.344. The Labute approximate surface area is 116 Å². The van der Waals surface area contributed by atoms with E-state index in [9.17, 15) is 18.4 Å². The van der Waals surface area contributed by atoms with Crippen LogP contribution in [0.4, 0.5) is 8.78 Å². The Balaban J connectivity index is 2.10. The van der Waals surface area contributed by atoms with Crippen LogP contribution < -0.4 is 5.56 Å². The first-order valence-corrected chi connectivity index (χ1v) is 6.99. The molecule has 2 rings (SSSR count). The SMILES string of the molecule is Cc1c(SCl)cnn(CC(=O)N2CC(F)(F)C2)c1=O. The first-order valence-electron chi connectivity index (χ1n) is 5.35. The van der Waals surface area contributed by atoms with Crippen LogP contribution in [0.1, 0.15) is 5.56 Å². The monoisotopic (exact) mass is 309 g/mol. The lowest BCUT2D eigenvalue weighted by Gasteiger charge is -2.38. The van der Waals surface area contributed by atoms with Crippen molar-refractivity contribution in [2.45, 2.75) is 24.3 Å². The van der Waals surface area contributed by atoms with Crippen molar-refractivity contribution in [3.63, 3.8) is 0 Å². The number of alkyl halides is 2. The molecule has 0 radical (unpaired) electrons. The number of aromatic nitrogens is 2. The fraction of sp³-hybridized carbons (Fsp3) is 0.500. The molecule has 1 aliphatic rings. The molecule has 9 heteroatoms. The highest BCUT2D eigenvalue weighted by Gasteiger charge is 2.46. The lowest BCUT2D eigenvalue weighted by molar-refractivity contribution is -0.166. The lowest BCUT2D eigenvalue weighted by atomic mass is 10.1. The van der Waals surface area contributed by atoms with Crippen molar-refractivity contribution >= 4 is 27.6 Å². The summed E-state index contributed by atoms with van der Waals surface area (Å²) in [7, 11) is 6.41. The zero-order valence-electron chi connectivity index (χ0n) is 9.90. The van der Waals surface area contributed by atoms with Crippen molar-refractivity contribution < 1.29 is 13.6 Å². The minimum atomic E-state index is -2.82. The molecule has 0 unspecified atom stereocenters. The molecule has 0 spiro atoms. The number of amides is 1. The molecule has 0 saturated carbocycles. The van der Waals surface area contributed by atoms with E-state index in [-0.39, 0.29) is 6.54 Å². The highest BCUT2D eigenvalue weighted by Crippen LogP contribution is 2.26. The number of likely N-dealkylation sites (tertiary alicyclic amines) is 1. The Morgan fingerprint density at radius 2 is 2.21 bits per heavy atom. The van der Waals surface area contributed by atoms with Gasteiger partial charge in [-0.1, -0.05) is 0 Å². The highest BCUT2D eigenvalue weighted by molar-refractivity contribution is 8.21. The molecule has 0 aliphatic carbocycles. The van der Waals surface area contributed by atoms with Gasteiger partial charge >= 0.3 is 0 Å². The smallest absolute Gasteiger partial charge is 0.282 e. The fourth-order valence-electron chi connectivity index (χ4n) is 1.68. The number of halogens is 3. The van der Waals surface area contributed by atoms with Gasteiger partial charge in [0.05, 0.1) is 24.2 Å². The molecule has 2 heterocycles. The highest BCUT2D eigenvalue weighted by atomic mass is 35.7. The van der Waals surface area contributed by atoms with Crippen molar-refractivity contribution in [1.29, 1.82) is 0 Å². The lowest BCUT2D eigenvalue weighted by Crippen LogP contribution is -2.59. The molecule has 1 fully saturated rings. The molecule has 1 aromatic rings.